The Hall–Kier alpha value is -1.97. The van der Waals surface area contributed by atoms with Gasteiger partial charge in [-0.15, -0.1) is 0 Å². The molecule has 4 heteroatoms. The molecule has 0 aromatic carbocycles. The molecule has 0 aliphatic rings. The lowest BCUT2D eigenvalue weighted by Gasteiger charge is -2.01. The molecule has 4 nitrogen and oxygen atoms in total. The van der Waals surface area contributed by atoms with Gasteiger partial charge in [0.25, 0.3) is 0 Å². The molecule has 0 amide bonds. The minimum Gasteiger partial charge on any atom is -0.288 e. The van der Waals surface area contributed by atoms with E-state index in [1.54, 1.807) is 35.4 Å². The number of hydrogen-bond donors (Lipinski definition) is 0. The summed E-state index contributed by atoms with van der Waals surface area (Å²) in [6.45, 7) is 4.75. The second-order valence-corrected chi connectivity index (χ2v) is 3.96. The number of nitrogens with zero attached hydrogens (tertiary/aromatic N) is 3. The van der Waals surface area contributed by atoms with Gasteiger partial charge in [-0.3, -0.25) is 14.5 Å². The largest absolute Gasteiger partial charge is 0.288 e. The molecule has 0 aliphatic heterocycles. The second kappa shape index (κ2) is 4.91. The normalized spacial score (nSPS) is 10.5. The quantitative estimate of drug-likeness (QED) is 0.755. The van der Waals surface area contributed by atoms with E-state index in [2.05, 4.69) is 17.0 Å². The van der Waals surface area contributed by atoms with Crippen LogP contribution in [0, 0.1) is 6.92 Å². The molecule has 2 rings (SSSR count). The van der Waals surface area contributed by atoms with Crippen LogP contribution in [0.4, 0.5) is 0 Å². The minimum atomic E-state index is -0.0158. The van der Waals surface area contributed by atoms with Crippen molar-refractivity contribution in [3.63, 3.8) is 0 Å². The van der Waals surface area contributed by atoms with E-state index >= 15 is 0 Å². The molecule has 2 heterocycles. The van der Waals surface area contributed by atoms with E-state index in [-0.39, 0.29) is 5.78 Å². The highest BCUT2D eigenvalue weighted by Gasteiger charge is 2.13. The summed E-state index contributed by atoms with van der Waals surface area (Å²) >= 11 is 0. The van der Waals surface area contributed by atoms with E-state index in [0.29, 0.717) is 11.1 Å². The number of hydrogen-bond acceptors (Lipinski definition) is 3. The summed E-state index contributed by atoms with van der Waals surface area (Å²) in [4.78, 5) is 16.3. The first-order valence-electron chi connectivity index (χ1n) is 5.71. The second-order valence-electron chi connectivity index (χ2n) is 3.96. The smallest absolute Gasteiger partial charge is 0.198 e. The Morgan fingerprint density at radius 3 is 3.00 bits per heavy atom. The average molecular weight is 229 g/mol. The maximum absolute atomic E-state index is 12.2. The van der Waals surface area contributed by atoms with Crippen molar-refractivity contribution in [2.45, 2.75) is 26.8 Å². The molecule has 0 atom stereocenters. The highest BCUT2D eigenvalue weighted by atomic mass is 16.1. The third-order valence-corrected chi connectivity index (χ3v) is 2.60. The predicted molar refractivity (Wildman–Crippen MR) is 64.9 cm³/mol. The molecule has 0 saturated heterocycles. The first kappa shape index (κ1) is 11.5. The van der Waals surface area contributed by atoms with Crippen LogP contribution >= 0.6 is 0 Å². The highest BCUT2D eigenvalue weighted by molar-refractivity contribution is 6.09. The first-order valence-corrected chi connectivity index (χ1v) is 5.71. The van der Waals surface area contributed by atoms with Crippen LogP contribution in [0.15, 0.2) is 30.7 Å². The average Bonchev–Trinajstić information content (AvgIpc) is 2.78. The number of aryl methyl sites for hydroxylation is 2. The molecule has 2 aromatic heterocycles. The number of carbonyl (C=O) groups is 1. The fraction of sp³-hybridized carbons (Fsp3) is 0.308. The zero-order valence-corrected chi connectivity index (χ0v) is 10.1. The fourth-order valence-corrected chi connectivity index (χ4v) is 1.71. The van der Waals surface area contributed by atoms with Crippen molar-refractivity contribution in [3.8, 4) is 0 Å². The van der Waals surface area contributed by atoms with Crippen molar-refractivity contribution in [3.05, 3.63) is 47.5 Å². The van der Waals surface area contributed by atoms with Crippen LogP contribution in [0.3, 0.4) is 0 Å². The molecule has 0 fully saturated rings. The summed E-state index contributed by atoms with van der Waals surface area (Å²) in [5, 5.41) is 4.16. The van der Waals surface area contributed by atoms with Crippen molar-refractivity contribution in [1.29, 1.82) is 0 Å². The van der Waals surface area contributed by atoms with Gasteiger partial charge in [0, 0.05) is 30.2 Å². The van der Waals surface area contributed by atoms with E-state index in [1.165, 1.54) is 0 Å². The van der Waals surface area contributed by atoms with Gasteiger partial charge in [0.2, 0.25) is 0 Å². The summed E-state index contributed by atoms with van der Waals surface area (Å²) in [5.41, 5.74) is 2.01. The van der Waals surface area contributed by atoms with Gasteiger partial charge in [-0.2, -0.15) is 5.10 Å². The van der Waals surface area contributed by atoms with E-state index in [4.69, 9.17) is 0 Å². The van der Waals surface area contributed by atoms with Crippen molar-refractivity contribution in [2.24, 2.45) is 0 Å². The molecule has 0 radical (unpaired) electrons. The van der Waals surface area contributed by atoms with Crippen LogP contribution in [-0.4, -0.2) is 20.5 Å². The number of carbonyl (C=O) groups excluding carboxylic acids is 1. The Labute approximate surface area is 100 Å². The van der Waals surface area contributed by atoms with Gasteiger partial charge in [-0.25, -0.2) is 0 Å². The monoisotopic (exact) mass is 229 g/mol. The Balaban J connectivity index is 2.28. The van der Waals surface area contributed by atoms with Crippen LogP contribution in [0.25, 0.3) is 0 Å². The lowest BCUT2D eigenvalue weighted by Crippen LogP contribution is -2.04. The number of rotatable bonds is 4. The van der Waals surface area contributed by atoms with E-state index in [0.717, 1.165) is 18.7 Å². The number of aromatic nitrogens is 3. The van der Waals surface area contributed by atoms with Crippen molar-refractivity contribution >= 4 is 5.78 Å². The van der Waals surface area contributed by atoms with Crippen molar-refractivity contribution < 1.29 is 4.79 Å². The van der Waals surface area contributed by atoms with Crippen LogP contribution in [0.2, 0.25) is 0 Å². The number of pyridine rings is 1. The molecule has 17 heavy (non-hydrogen) atoms. The van der Waals surface area contributed by atoms with Gasteiger partial charge < -0.3 is 0 Å². The summed E-state index contributed by atoms with van der Waals surface area (Å²) < 4.78 is 1.79. The zero-order chi connectivity index (χ0) is 12.3. The third-order valence-electron chi connectivity index (χ3n) is 2.60. The molecule has 0 unspecified atom stereocenters. The van der Waals surface area contributed by atoms with E-state index < -0.39 is 0 Å². The van der Waals surface area contributed by atoms with Crippen LogP contribution < -0.4 is 0 Å². The molecule has 0 aliphatic carbocycles. The SMILES string of the molecule is CCCn1cc(C(=O)c2cccnc2C)cn1. The van der Waals surface area contributed by atoms with E-state index in [9.17, 15) is 4.79 Å². The van der Waals surface area contributed by atoms with E-state index in [1.807, 2.05) is 6.92 Å². The highest BCUT2D eigenvalue weighted by Crippen LogP contribution is 2.11. The van der Waals surface area contributed by atoms with Gasteiger partial charge in [0.05, 0.1) is 11.8 Å². The van der Waals surface area contributed by atoms with Crippen LogP contribution in [0.5, 0.6) is 0 Å². The first-order chi connectivity index (χ1) is 8.22. The fourth-order valence-electron chi connectivity index (χ4n) is 1.71. The van der Waals surface area contributed by atoms with Crippen molar-refractivity contribution in [1.82, 2.24) is 14.8 Å². The maximum atomic E-state index is 12.2. The lowest BCUT2D eigenvalue weighted by atomic mass is 10.1. The van der Waals surface area contributed by atoms with Crippen LogP contribution in [0.1, 0.15) is 35.0 Å². The molecule has 0 spiro atoms. The molecule has 0 N–H and O–H groups in total. The summed E-state index contributed by atoms with van der Waals surface area (Å²) in [6.07, 6.45) is 6.09. The van der Waals surface area contributed by atoms with Gasteiger partial charge in [0.1, 0.15) is 0 Å². The number of ketones is 1. The van der Waals surface area contributed by atoms with Gasteiger partial charge in [0.15, 0.2) is 5.78 Å². The minimum absolute atomic E-state index is 0.0158. The standard InChI is InChI=1S/C13H15N3O/c1-3-7-16-9-11(8-15-16)13(17)12-5-4-6-14-10(12)2/h4-6,8-9H,3,7H2,1-2H3. The van der Waals surface area contributed by atoms with Crippen LogP contribution in [-0.2, 0) is 6.54 Å². The Morgan fingerprint density at radius 2 is 2.29 bits per heavy atom. The molecule has 0 bridgehead atoms. The Kier molecular flexibility index (Phi) is 3.32. The maximum Gasteiger partial charge on any atom is 0.198 e. The Morgan fingerprint density at radius 1 is 1.47 bits per heavy atom. The van der Waals surface area contributed by atoms with Gasteiger partial charge >= 0.3 is 0 Å². The molecule has 88 valence electrons. The lowest BCUT2D eigenvalue weighted by molar-refractivity contribution is 0.103. The molecule has 2 aromatic rings. The topological polar surface area (TPSA) is 47.8 Å². The molecule has 0 saturated carbocycles. The summed E-state index contributed by atoms with van der Waals surface area (Å²) in [5.74, 6) is -0.0158. The molecular formula is C13H15N3O. The summed E-state index contributed by atoms with van der Waals surface area (Å²) in [7, 11) is 0. The summed E-state index contributed by atoms with van der Waals surface area (Å²) in [6, 6.07) is 3.57. The van der Waals surface area contributed by atoms with Gasteiger partial charge in [-0.1, -0.05) is 6.92 Å². The Bertz CT molecular complexity index is 531. The zero-order valence-electron chi connectivity index (χ0n) is 10.1. The molecular weight excluding hydrogens is 214 g/mol. The third kappa shape index (κ3) is 2.41. The van der Waals surface area contributed by atoms with Gasteiger partial charge in [-0.05, 0) is 25.5 Å². The predicted octanol–water partition coefficient (Wildman–Crippen LogP) is 2.23. The van der Waals surface area contributed by atoms with Crippen molar-refractivity contribution in [2.75, 3.05) is 0 Å².